The third-order valence-electron chi connectivity index (χ3n) is 6.57. The van der Waals surface area contributed by atoms with Gasteiger partial charge < -0.3 is 4.74 Å². The van der Waals surface area contributed by atoms with Crippen LogP contribution < -0.4 is 0 Å². The molecule has 0 spiro atoms. The minimum absolute atomic E-state index is 0.000995. The van der Waals surface area contributed by atoms with Crippen molar-refractivity contribution in [1.82, 2.24) is 19.1 Å². The molecule has 0 N–H and O–H groups in total. The lowest BCUT2D eigenvalue weighted by Crippen LogP contribution is -2.33. The summed E-state index contributed by atoms with van der Waals surface area (Å²) in [7, 11) is -3.95. The Bertz CT molecular complexity index is 1730. The van der Waals surface area contributed by atoms with E-state index in [1.807, 2.05) is 73.8 Å². The Kier molecular flexibility index (Phi) is 8.04. The summed E-state index contributed by atoms with van der Waals surface area (Å²) < 4.78 is 35.9. The summed E-state index contributed by atoms with van der Waals surface area (Å²) in [6, 6.07) is 26.0. The van der Waals surface area contributed by atoms with Gasteiger partial charge in [0.2, 0.25) is 10.0 Å². The molecule has 0 fully saturated rings. The van der Waals surface area contributed by atoms with Crippen molar-refractivity contribution in [2.45, 2.75) is 31.7 Å². The number of aromatic nitrogens is 3. The van der Waals surface area contributed by atoms with E-state index in [2.05, 4.69) is 4.98 Å². The summed E-state index contributed by atoms with van der Waals surface area (Å²) in [6.07, 6.45) is 3.50. The Morgan fingerprint density at radius 3 is 2.45 bits per heavy atom. The van der Waals surface area contributed by atoms with E-state index in [9.17, 15) is 13.2 Å². The van der Waals surface area contributed by atoms with Gasteiger partial charge in [0, 0.05) is 42.0 Å². The zero-order valence-corrected chi connectivity index (χ0v) is 23.2. The molecule has 0 atom stereocenters. The fourth-order valence-corrected chi connectivity index (χ4v) is 5.96. The van der Waals surface area contributed by atoms with Gasteiger partial charge in [-0.05, 0) is 44.2 Å². The van der Waals surface area contributed by atoms with Gasteiger partial charge in [-0.1, -0.05) is 60.2 Å². The fraction of sp³-hybridized carbons (Fsp3) is 0.194. The van der Waals surface area contributed by atoms with Crippen LogP contribution >= 0.6 is 0 Å². The van der Waals surface area contributed by atoms with Crippen LogP contribution in [0, 0.1) is 6.92 Å². The molecule has 40 heavy (non-hydrogen) atoms. The highest BCUT2D eigenvalue weighted by molar-refractivity contribution is 7.89. The monoisotopic (exact) mass is 554 g/mol. The summed E-state index contributed by atoms with van der Waals surface area (Å²) in [5.41, 5.74) is 4.65. The van der Waals surface area contributed by atoms with E-state index in [-0.39, 0.29) is 31.0 Å². The van der Waals surface area contributed by atoms with Crippen LogP contribution in [-0.4, -0.2) is 46.6 Å². The van der Waals surface area contributed by atoms with E-state index in [4.69, 9.17) is 9.84 Å². The van der Waals surface area contributed by atoms with Gasteiger partial charge in [0.05, 0.1) is 34.8 Å². The molecule has 5 aromatic rings. The smallest absolute Gasteiger partial charge is 0.307 e. The Hall–Kier alpha value is -4.34. The van der Waals surface area contributed by atoms with Crippen LogP contribution in [0.3, 0.4) is 0 Å². The lowest BCUT2D eigenvalue weighted by molar-refractivity contribution is -0.143. The van der Waals surface area contributed by atoms with Crippen LogP contribution in [0.5, 0.6) is 0 Å². The number of rotatable bonds is 10. The van der Waals surface area contributed by atoms with Crippen molar-refractivity contribution in [2.75, 3.05) is 13.2 Å². The number of hydrogen-bond acceptors (Lipinski definition) is 6. The van der Waals surface area contributed by atoms with Gasteiger partial charge in [-0.25, -0.2) is 13.1 Å². The average molecular weight is 555 g/mol. The molecule has 2 heterocycles. The van der Waals surface area contributed by atoms with Gasteiger partial charge >= 0.3 is 5.97 Å². The van der Waals surface area contributed by atoms with E-state index in [1.54, 1.807) is 42.1 Å². The third-order valence-corrected chi connectivity index (χ3v) is 8.43. The minimum atomic E-state index is -3.95. The molecule has 204 valence electrons. The predicted octanol–water partition coefficient (Wildman–Crippen LogP) is 5.54. The second kappa shape index (κ2) is 11.8. The van der Waals surface area contributed by atoms with Crippen molar-refractivity contribution in [2.24, 2.45) is 0 Å². The number of para-hydroxylation sites is 2. The number of hydrogen-bond donors (Lipinski definition) is 0. The number of pyridine rings is 1. The van der Waals surface area contributed by atoms with Crippen LogP contribution in [0.4, 0.5) is 0 Å². The molecule has 5 rings (SSSR count). The average Bonchev–Trinajstić information content (AvgIpc) is 3.39. The summed E-state index contributed by atoms with van der Waals surface area (Å²) in [5, 5.41) is 5.86. The molecule has 0 saturated heterocycles. The van der Waals surface area contributed by atoms with Crippen molar-refractivity contribution in [3.63, 3.8) is 0 Å². The standard InChI is InChI=1S/C31H30N4O4S/c1-3-39-29(36)18-20-34(40(37,38)27-16-14-23(2)15-17-27)21-25-22-35(26-11-5-4-6-12-26)33-31(25)28-13-7-9-24-10-8-19-32-30(24)28/h4-17,19,22H,3,18,20-21H2,1-2H3. The molecular formula is C31H30N4O4S. The molecule has 0 amide bonds. The first-order valence-corrected chi connectivity index (χ1v) is 14.5. The summed E-state index contributed by atoms with van der Waals surface area (Å²) >= 11 is 0. The molecule has 0 bridgehead atoms. The van der Waals surface area contributed by atoms with E-state index >= 15 is 0 Å². The molecule has 0 saturated carbocycles. The zero-order chi connectivity index (χ0) is 28.1. The van der Waals surface area contributed by atoms with Crippen molar-refractivity contribution >= 4 is 26.9 Å². The number of fused-ring (bicyclic) bond motifs is 1. The normalized spacial score (nSPS) is 11.7. The van der Waals surface area contributed by atoms with Crippen LogP contribution in [0.1, 0.15) is 24.5 Å². The molecule has 0 aliphatic heterocycles. The number of benzene rings is 3. The Labute approximate surface area is 233 Å². The molecule has 0 radical (unpaired) electrons. The molecule has 3 aromatic carbocycles. The van der Waals surface area contributed by atoms with Crippen molar-refractivity contribution < 1.29 is 17.9 Å². The van der Waals surface area contributed by atoms with Gasteiger partial charge in [-0.15, -0.1) is 0 Å². The number of aryl methyl sites for hydroxylation is 1. The van der Waals surface area contributed by atoms with Crippen molar-refractivity contribution in [3.05, 3.63) is 108 Å². The summed E-state index contributed by atoms with van der Waals surface area (Å²) in [4.78, 5) is 17.0. The van der Waals surface area contributed by atoms with Gasteiger partial charge in [0.1, 0.15) is 0 Å². The number of carbonyl (C=O) groups excluding carboxylic acids is 1. The highest BCUT2D eigenvalue weighted by Crippen LogP contribution is 2.31. The van der Waals surface area contributed by atoms with E-state index in [1.165, 1.54) is 4.31 Å². The van der Waals surface area contributed by atoms with E-state index < -0.39 is 16.0 Å². The number of nitrogens with zero attached hydrogens (tertiary/aromatic N) is 4. The second-order valence-electron chi connectivity index (χ2n) is 9.37. The molecule has 0 aliphatic carbocycles. The number of ether oxygens (including phenoxy) is 1. The maximum absolute atomic E-state index is 13.9. The quantitative estimate of drug-likeness (QED) is 0.211. The summed E-state index contributed by atoms with van der Waals surface area (Å²) in [5.74, 6) is -0.454. The highest BCUT2D eigenvalue weighted by Gasteiger charge is 2.28. The minimum Gasteiger partial charge on any atom is -0.466 e. The molecule has 9 heteroatoms. The predicted molar refractivity (Wildman–Crippen MR) is 154 cm³/mol. The topological polar surface area (TPSA) is 94.4 Å². The maximum Gasteiger partial charge on any atom is 0.307 e. The zero-order valence-electron chi connectivity index (χ0n) is 22.4. The Morgan fingerprint density at radius 2 is 1.70 bits per heavy atom. The molecule has 8 nitrogen and oxygen atoms in total. The molecule has 2 aromatic heterocycles. The van der Waals surface area contributed by atoms with Crippen LogP contribution in [-0.2, 0) is 26.1 Å². The first-order valence-electron chi connectivity index (χ1n) is 13.1. The highest BCUT2D eigenvalue weighted by atomic mass is 32.2. The second-order valence-corrected chi connectivity index (χ2v) is 11.3. The van der Waals surface area contributed by atoms with E-state index in [0.29, 0.717) is 11.3 Å². The van der Waals surface area contributed by atoms with Gasteiger partial charge in [0.25, 0.3) is 0 Å². The van der Waals surface area contributed by atoms with Gasteiger partial charge in [-0.3, -0.25) is 9.78 Å². The van der Waals surface area contributed by atoms with Crippen LogP contribution in [0.15, 0.2) is 102 Å². The van der Waals surface area contributed by atoms with Crippen LogP contribution in [0.2, 0.25) is 0 Å². The first kappa shape index (κ1) is 27.2. The first-order chi connectivity index (χ1) is 19.4. The van der Waals surface area contributed by atoms with Gasteiger partial charge in [-0.2, -0.15) is 9.40 Å². The SMILES string of the molecule is CCOC(=O)CCN(Cc1cn(-c2ccccc2)nc1-c1cccc2cccnc12)S(=O)(=O)c1ccc(C)cc1. The fourth-order valence-electron chi connectivity index (χ4n) is 4.54. The Balaban J connectivity index is 1.62. The molecular weight excluding hydrogens is 524 g/mol. The van der Waals surface area contributed by atoms with Crippen LogP contribution in [0.25, 0.3) is 27.8 Å². The van der Waals surface area contributed by atoms with Crippen molar-refractivity contribution in [3.8, 4) is 16.9 Å². The number of sulfonamides is 1. The molecule has 0 unspecified atom stereocenters. The number of carbonyl (C=O) groups is 1. The lowest BCUT2D eigenvalue weighted by Gasteiger charge is -2.22. The Morgan fingerprint density at radius 1 is 0.950 bits per heavy atom. The third kappa shape index (κ3) is 5.80. The van der Waals surface area contributed by atoms with Gasteiger partial charge in [0.15, 0.2) is 0 Å². The van der Waals surface area contributed by atoms with E-state index in [0.717, 1.165) is 27.7 Å². The molecule has 0 aliphatic rings. The summed E-state index contributed by atoms with van der Waals surface area (Å²) in [6.45, 7) is 3.81. The largest absolute Gasteiger partial charge is 0.466 e. The lowest BCUT2D eigenvalue weighted by atomic mass is 10.0. The number of esters is 1. The van der Waals surface area contributed by atoms with Crippen molar-refractivity contribution in [1.29, 1.82) is 0 Å². The maximum atomic E-state index is 13.9.